The van der Waals surface area contributed by atoms with E-state index in [2.05, 4.69) is 21.2 Å². The van der Waals surface area contributed by atoms with Crippen molar-refractivity contribution in [2.75, 3.05) is 6.54 Å². The van der Waals surface area contributed by atoms with Crippen LogP contribution in [0.15, 0.2) is 27.1 Å². The Morgan fingerprint density at radius 1 is 1.23 bits per heavy atom. The zero-order chi connectivity index (χ0) is 16.1. The molecule has 0 unspecified atom stereocenters. The van der Waals surface area contributed by atoms with Crippen LogP contribution < -0.4 is 5.32 Å². The number of furan rings is 1. The molecule has 118 valence electrons. The molecule has 1 amide bonds. The molecule has 2 rings (SSSR count). The van der Waals surface area contributed by atoms with E-state index in [9.17, 15) is 9.59 Å². The highest BCUT2D eigenvalue weighted by atomic mass is 79.9. The molecule has 0 aliphatic carbocycles. The van der Waals surface area contributed by atoms with Gasteiger partial charge in [-0.25, -0.2) is 0 Å². The topological polar surface area (TPSA) is 79.5 Å². The second kappa shape index (κ2) is 7.45. The van der Waals surface area contributed by atoms with Crippen LogP contribution >= 0.6 is 15.9 Å². The molecule has 6 heteroatoms. The van der Waals surface area contributed by atoms with E-state index >= 15 is 0 Å². The number of aryl methyl sites for hydroxylation is 1. The monoisotopic (exact) mass is 367 g/mol. The van der Waals surface area contributed by atoms with Crippen molar-refractivity contribution in [3.05, 3.63) is 34.0 Å². The lowest BCUT2D eigenvalue weighted by molar-refractivity contribution is -0.137. The summed E-state index contributed by atoms with van der Waals surface area (Å²) < 4.78 is 6.56. The van der Waals surface area contributed by atoms with Gasteiger partial charge >= 0.3 is 5.97 Å². The Kier molecular flexibility index (Phi) is 5.60. The fourth-order valence-corrected chi connectivity index (χ4v) is 2.85. The first-order chi connectivity index (χ1) is 10.5. The van der Waals surface area contributed by atoms with Crippen LogP contribution in [-0.4, -0.2) is 23.5 Å². The number of unbranched alkanes of at least 4 members (excludes halogenated alkanes) is 2. The van der Waals surface area contributed by atoms with Crippen LogP contribution in [0, 0.1) is 6.92 Å². The highest BCUT2D eigenvalue weighted by Crippen LogP contribution is 2.26. The average molecular weight is 368 g/mol. The molecule has 0 radical (unpaired) electrons. The van der Waals surface area contributed by atoms with Gasteiger partial charge < -0.3 is 14.8 Å². The summed E-state index contributed by atoms with van der Waals surface area (Å²) in [4.78, 5) is 22.4. The van der Waals surface area contributed by atoms with Gasteiger partial charge in [-0.1, -0.05) is 22.4 Å². The number of amides is 1. The van der Waals surface area contributed by atoms with E-state index in [-0.39, 0.29) is 12.3 Å². The van der Waals surface area contributed by atoms with Gasteiger partial charge in [0.05, 0.1) is 0 Å². The summed E-state index contributed by atoms with van der Waals surface area (Å²) in [6, 6.07) is 5.58. The molecule has 0 spiro atoms. The number of carbonyl (C=O) groups excluding carboxylic acids is 1. The molecule has 1 aromatic carbocycles. The fraction of sp³-hybridized carbons (Fsp3) is 0.375. The van der Waals surface area contributed by atoms with Crippen molar-refractivity contribution in [2.24, 2.45) is 0 Å². The Labute approximate surface area is 136 Å². The minimum absolute atomic E-state index is 0.172. The van der Waals surface area contributed by atoms with Crippen LogP contribution in [0.5, 0.6) is 0 Å². The van der Waals surface area contributed by atoms with Crippen LogP contribution in [0.4, 0.5) is 0 Å². The van der Waals surface area contributed by atoms with E-state index in [1.165, 1.54) is 0 Å². The lowest BCUT2D eigenvalue weighted by atomic mass is 10.2. The van der Waals surface area contributed by atoms with Gasteiger partial charge in [0, 0.05) is 22.8 Å². The summed E-state index contributed by atoms with van der Waals surface area (Å²) in [5.74, 6) is -0.737. The van der Waals surface area contributed by atoms with E-state index in [0.717, 1.165) is 33.8 Å². The van der Waals surface area contributed by atoms with Crippen LogP contribution in [0.1, 0.15) is 41.8 Å². The first-order valence-corrected chi connectivity index (χ1v) is 7.96. The second-order valence-electron chi connectivity index (χ2n) is 5.21. The first-order valence-electron chi connectivity index (χ1n) is 7.17. The van der Waals surface area contributed by atoms with Gasteiger partial charge in [0.25, 0.3) is 5.91 Å². The summed E-state index contributed by atoms with van der Waals surface area (Å²) in [7, 11) is 0. The van der Waals surface area contributed by atoms with Crippen LogP contribution in [-0.2, 0) is 4.79 Å². The van der Waals surface area contributed by atoms with E-state index in [1.54, 1.807) is 6.07 Å². The van der Waals surface area contributed by atoms with Crippen LogP contribution in [0.2, 0.25) is 0 Å². The molecule has 0 aliphatic heterocycles. The van der Waals surface area contributed by atoms with Crippen molar-refractivity contribution in [1.82, 2.24) is 5.32 Å². The fourth-order valence-electron chi connectivity index (χ4n) is 2.26. The molecular weight excluding hydrogens is 350 g/mol. The molecule has 1 aromatic heterocycles. The zero-order valence-corrected chi connectivity index (χ0v) is 13.9. The molecule has 0 fully saturated rings. The Balaban J connectivity index is 1.88. The summed E-state index contributed by atoms with van der Waals surface area (Å²) in [5.41, 5.74) is 1.69. The predicted octanol–water partition coefficient (Wildman–Crippen LogP) is 3.88. The number of aliphatic carboxylic acids is 1. The lowest BCUT2D eigenvalue weighted by Crippen LogP contribution is -2.23. The van der Waals surface area contributed by atoms with Crippen molar-refractivity contribution in [3.63, 3.8) is 0 Å². The third kappa shape index (κ3) is 4.34. The predicted molar refractivity (Wildman–Crippen MR) is 87.1 cm³/mol. The molecule has 22 heavy (non-hydrogen) atoms. The number of rotatable bonds is 7. The molecule has 0 atom stereocenters. The molecule has 0 bridgehead atoms. The third-order valence-electron chi connectivity index (χ3n) is 3.34. The molecule has 0 saturated carbocycles. The van der Waals surface area contributed by atoms with Gasteiger partial charge in [-0.15, -0.1) is 0 Å². The molecule has 2 N–H and O–H groups in total. The van der Waals surface area contributed by atoms with Crippen molar-refractivity contribution in [1.29, 1.82) is 0 Å². The lowest BCUT2D eigenvalue weighted by Gasteiger charge is -2.02. The molecule has 1 heterocycles. The van der Waals surface area contributed by atoms with Crippen molar-refractivity contribution in [2.45, 2.75) is 32.6 Å². The number of carbonyl (C=O) groups is 2. The first kappa shape index (κ1) is 16.5. The third-order valence-corrected chi connectivity index (χ3v) is 3.80. The number of hydrogen-bond donors (Lipinski definition) is 2. The second-order valence-corrected chi connectivity index (χ2v) is 6.13. The Morgan fingerprint density at radius 2 is 2.00 bits per heavy atom. The van der Waals surface area contributed by atoms with E-state index in [0.29, 0.717) is 18.7 Å². The quantitative estimate of drug-likeness (QED) is 0.727. The SMILES string of the molecule is Cc1cc(Br)cc2cc(C(=O)NCCCCCC(=O)O)oc12. The number of fused-ring (bicyclic) bond motifs is 1. The summed E-state index contributed by atoms with van der Waals surface area (Å²) in [6.07, 6.45) is 2.33. The maximum atomic E-state index is 12.0. The largest absolute Gasteiger partial charge is 0.481 e. The molecule has 0 saturated heterocycles. The number of carboxylic acid groups (broad SMARTS) is 1. The maximum Gasteiger partial charge on any atom is 0.303 e. The van der Waals surface area contributed by atoms with E-state index < -0.39 is 5.97 Å². The average Bonchev–Trinajstić information content (AvgIpc) is 2.86. The highest BCUT2D eigenvalue weighted by molar-refractivity contribution is 9.10. The van der Waals surface area contributed by atoms with Crippen molar-refractivity contribution >= 4 is 38.8 Å². The summed E-state index contributed by atoms with van der Waals surface area (Å²) in [5, 5.41) is 12.2. The number of nitrogens with one attached hydrogen (secondary N) is 1. The Bertz CT molecular complexity index is 693. The molecular formula is C16H18BrNO4. The number of carboxylic acids is 1. The van der Waals surface area contributed by atoms with Crippen LogP contribution in [0.25, 0.3) is 11.0 Å². The van der Waals surface area contributed by atoms with Gasteiger partial charge in [0.15, 0.2) is 5.76 Å². The minimum Gasteiger partial charge on any atom is -0.481 e. The maximum absolute atomic E-state index is 12.0. The smallest absolute Gasteiger partial charge is 0.303 e. The summed E-state index contributed by atoms with van der Waals surface area (Å²) in [6.45, 7) is 2.44. The van der Waals surface area contributed by atoms with Gasteiger partial charge in [0.1, 0.15) is 5.58 Å². The Morgan fingerprint density at radius 3 is 2.73 bits per heavy atom. The minimum atomic E-state index is -0.784. The molecule has 2 aromatic rings. The van der Waals surface area contributed by atoms with E-state index in [4.69, 9.17) is 9.52 Å². The number of halogens is 1. The summed E-state index contributed by atoms with van der Waals surface area (Å²) >= 11 is 3.42. The van der Waals surface area contributed by atoms with Crippen molar-refractivity contribution < 1.29 is 19.1 Å². The van der Waals surface area contributed by atoms with Gasteiger partial charge in [-0.3, -0.25) is 9.59 Å². The highest BCUT2D eigenvalue weighted by Gasteiger charge is 2.13. The molecule has 5 nitrogen and oxygen atoms in total. The number of hydrogen-bond acceptors (Lipinski definition) is 3. The van der Waals surface area contributed by atoms with Gasteiger partial charge in [0.2, 0.25) is 0 Å². The zero-order valence-electron chi connectivity index (χ0n) is 12.3. The van der Waals surface area contributed by atoms with Gasteiger partial charge in [-0.05, 0) is 43.5 Å². The standard InChI is InChI=1S/C16H18BrNO4/c1-10-7-12(17)8-11-9-13(22-15(10)11)16(21)18-6-4-2-3-5-14(19)20/h7-9H,2-6H2,1H3,(H,18,21)(H,19,20). The molecule has 0 aliphatic rings. The van der Waals surface area contributed by atoms with Crippen molar-refractivity contribution in [3.8, 4) is 0 Å². The van der Waals surface area contributed by atoms with Gasteiger partial charge in [-0.2, -0.15) is 0 Å². The normalized spacial score (nSPS) is 10.8. The Hall–Kier alpha value is -1.82. The van der Waals surface area contributed by atoms with Crippen LogP contribution in [0.3, 0.4) is 0 Å². The van der Waals surface area contributed by atoms with E-state index in [1.807, 2.05) is 19.1 Å². The number of benzene rings is 1.